The third-order valence-electron chi connectivity index (χ3n) is 3.03. The predicted molar refractivity (Wildman–Crippen MR) is 78.5 cm³/mol. The molecule has 0 unspecified atom stereocenters. The zero-order chi connectivity index (χ0) is 15.4. The number of hydrogen-bond acceptors (Lipinski definition) is 4. The molecule has 6 heteroatoms. The van der Waals surface area contributed by atoms with Crippen LogP contribution in [0.3, 0.4) is 0 Å². The smallest absolute Gasteiger partial charge is 0.269 e. The van der Waals surface area contributed by atoms with E-state index in [1.807, 2.05) is 0 Å². The van der Waals surface area contributed by atoms with Crippen molar-refractivity contribution in [1.29, 1.82) is 0 Å². The van der Waals surface area contributed by atoms with Gasteiger partial charge in [0.2, 0.25) is 0 Å². The number of aliphatic hydroxyl groups excluding tert-OH is 1. The fourth-order valence-corrected chi connectivity index (χ4v) is 1.99. The van der Waals surface area contributed by atoms with Crippen molar-refractivity contribution in [3.63, 3.8) is 0 Å². The van der Waals surface area contributed by atoms with Crippen molar-refractivity contribution in [2.24, 2.45) is 0 Å². The van der Waals surface area contributed by atoms with E-state index in [2.05, 4.69) is 0 Å². The van der Waals surface area contributed by atoms with Crippen LogP contribution in [0.25, 0.3) is 0 Å². The van der Waals surface area contributed by atoms with Gasteiger partial charge in [-0.15, -0.1) is 0 Å². The van der Waals surface area contributed by atoms with E-state index in [0.29, 0.717) is 16.1 Å². The maximum atomic E-state index is 12.0. The van der Waals surface area contributed by atoms with Crippen LogP contribution >= 0.6 is 11.6 Å². The highest BCUT2D eigenvalue weighted by atomic mass is 35.5. The highest BCUT2D eigenvalue weighted by molar-refractivity contribution is 6.30. The van der Waals surface area contributed by atoms with Gasteiger partial charge in [0.05, 0.1) is 11.0 Å². The number of non-ortho nitro benzene ring substituents is 1. The second-order valence-electron chi connectivity index (χ2n) is 4.50. The van der Waals surface area contributed by atoms with Crippen molar-refractivity contribution < 1.29 is 14.8 Å². The molecular weight excluding hydrogens is 294 g/mol. The molecule has 21 heavy (non-hydrogen) atoms. The van der Waals surface area contributed by atoms with E-state index < -0.39 is 11.0 Å². The summed E-state index contributed by atoms with van der Waals surface area (Å²) in [7, 11) is 0. The lowest BCUT2D eigenvalue weighted by atomic mass is 10.00. The van der Waals surface area contributed by atoms with Gasteiger partial charge in [0.1, 0.15) is 0 Å². The first-order valence-corrected chi connectivity index (χ1v) is 6.56. The van der Waals surface area contributed by atoms with Crippen LogP contribution in [0, 0.1) is 10.1 Å². The molecule has 2 aromatic carbocycles. The SMILES string of the molecule is O=C(C[C@@H](O)c1ccc([N+](=O)[O-])cc1)c1ccc(Cl)cc1. The zero-order valence-corrected chi connectivity index (χ0v) is 11.7. The van der Waals surface area contributed by atoms with Crippen LogP contribution < -0.4 is 0 Å². The third-order valence-corrected chi connectivity index (χ3v) is 3.29. The molecule has 0 heterocycles. The van der Waals surface area contributed by atoms with E-state index in [0.717, 1.165) is 0 Å². The van der Waals surface area contributed by atoms with E-state index in [-0.39, 0.29) is 17.9 Å². The van der Waals surface area contributed by atoms with Crippen LogP contribution in [0.1, 0.15) is 28.4 Å². The van der Waals surface area contributed by atoms with Gasteiger partial charge in [-0.3, -0.25) is 14.9 Å². The number of aliphatic hydroxyl groups is 1. The largest absolute Gasteiger partial charge is 0.388 e. The monoisotopic (exact) mass is 305 g/mol. The van der Waals surface area contributed by atoms with Crippen LogP contribution in [-0.2, 0) is 0 Å². The molecule has 0 aliphatic rings. The van der Waals surface area contributed by atoms with Gasteiger partial charge in [-0.2, -0.15) is 0 Å². The Morgan fingerprint density at radius 3 is 2.24 bits per heavy atom. The predicted octanol–water partition coefficient (Wildman–Crippen LogP) is 3.55. The van der Waals surface area contributed by atoms with Crippen molar-refractivity contribution in [1.82, 2.24) is 0 Å². The van der Waals surface area contributed by atoms with Crippen molar-refractivity contribution >= 4 is 23.1 Å². The van der Waals surface area contributed by atoms with E-state index >= 15 is 0 Å². The Labute approximate surface area is 125 Å². The second-order valence-corrected chi connectivity index (χ2v) is 4.94. The summed E-state index contributed by atoms with van der Waals surface area (Å²) in [6.07, 6.45) is -1.10. The number of rotatable bonds is 5. The summed E-state index contributed by atoms with van der Waals surface area (Å²) in [6, 6.07) is 11.9. The lowest BCUT2D eigenvalue weighted by Crippen LogP contribution is -2.07. The molecule has 0 radical (unpaired) electrons. The topological polar surface area (TPSA) is 80.4 Å². The minimum absolute atomic E-state index is 0.0602. The normalized spacial score (nSPS) is 11.9. The summed E-state index contributed by atoms with van der Waals surface area (Å²) < 4.78 is 0. The van der Waals surface area contributed by atoms with Gasteiger partial charge in [-0.05, 0) is 42.0 Å². The molecule has 2 rings (SSSR count). The van der Waals surface area contributed by atoms with Crippen LogP contribution in [0.4, 0.5) is 5.69 Å². The summed E-state index contributed by atoms with van der Waals surface area (Å²) in [5.74, 6) is -0.225. The van der Waals surface area contributed by atoms with Gasteiger partial charge in [0, 0.05) is 29.1 Å². The lowest BCUT2D eigenvalue weighted by Gasteiger charge is -2.10. The Morgan fingerprint density at radius 2 is 1.71 bits per heavy atom. The van der Waals surface area contributed by atoms with Crippen molar-refractivity contribution in [2.75, 3.05) is 0 Å². The maximum absolute atomic E-state index is 12.0. The quantitative estimate of drug-likeness (QED) is 0.520. The second kappa shape index (κ2) is 6.47. The average Bonchev–Trinajstić information content (AvgIpc) is 2.47. The maximum Gasteiger partial charge on any atom is 0.269 e. The minimum Gasteiger partial charge on any atom is -0.388 e. The van der Waals surface area contributed by atoms with Crippen LogP contribution in [0.5, 0.6) is 0 Å². The molecule has 0 amide bonds. The Hall–Kier alpha value is -2.24. The van der Waals surface area contributed by atoms with Gasteiger partial charge >= 0.3 is 0 Å². The van der Waals surface area contributed by atoms with Crippen LogP contribution in [-0.4, -0.2) is 15.8 Å². The number of carbonyl (C=O) groups excluding carboxylic acids is 1. The van der Waals surface area contributed by atoms with Gasteiger partial charge in [0.15, 0.2) is 5.78 Å². The molecule has 0 saturated heterocycles. The fourth-order valence-electron chi connectivity index (χ4n) is 1.87. The Balaban J connectivity index is 2.06. The van der Waals surface area contributed by atoms with Crippen LogP contribution in [0.2, 0.25) is 5.02 Å². The van der Waals surface area contributed by atoms with Crippen LogP contribution in [0.15, 0.2) is 48.5 Å². The molecule has 0 aromatic heterocycles. The Kier molecular flexibility index (Phi) is 4.67. The number of nitro groups is 1. The van der Waals surface area contributed by atoms with Gasteiger partial charge in [-0.25, -0.2) is 0 Å². The highest BCUT2D eigenvalue weighted by Gasteiger charge is 2.15. The molecule has 0 bridgehead atoms. The lowest BCUT2D eigenvalue weighted by molar-refractivity contribution is -0.384. The summed E-state index contributed by atoms with van der Waals surface area (Å²) in [6.45, 7) is 0. The summed E-state index contributed by atoms with van der Waals surface area (Å²) in [5, 5.41) is 21.1. The molecule has 0 aliphatic heterocycles. The number of benzene rings is 2. The molecule has 1 atom stereocenters. The number of nitro benzene ring substituents is 1. The standard InChI is InChI=1S/C15H12ClNO4/c16-12-5-1-10(2-6-12)14(18)9-15(19)11-3-7-13(8-4-11)17(20)21/h1-8,15,19H,9H2/t15-/m1/s1. The fraction of sp³-hybridized carbons (Fsp3) is 0.133. The summed E-state index contributed by atoms with van der Waals surface area (Å²) in [4.78, 5) is 22.0. The number of halogens is 1. The van der Waals surface area contributed by atoms with Crippen molar-refractivity contribution in [2.45, 2.75) is 12.5 Å². The first-order chi connectivity index (χ1) is 9.97. The molecule has 0 fully saturated rings. The number of hydrogen-bond donors (Lipinski definition) is 1. The number of ketones is 1. The Morgan fingerprint density at radius 1 is 1.14 bits per heavy atom. The summed E-state index contributed by atoms with van der Waals surface area (Å²) in [5.41, 5.74) is 0.859. The van der Waals surface area contributed by atoms with Gasteiger partial charge in [0.25, 0.3) is 5.69 Å². The summed E-state index contributed by atoms with van der Waals surface area (Å²) >= 11 is 5.74. The molecule has 5 nitrogen and oxygen atoms in total. The zero-order valence-electron chi connectivity index (χ0n) is 10.9. The molecule has 2 aromatic rings. The van der Waals surface area contributed by atoms with E-state index in [4.69, 9.17) is 11.6 Å². The van der Waals surface area contributed by atoms with Gasteiger partial charge < -0.3 is 5.11 Å². The van der Waals surface area contributed by atoms with E-state index in [1.165, 1.54) is 24.3 Å². The number of nitrogens with zero attached hydrogens (tertiary/aromatic N) is 1. The molecule has 1 N–H and O–H groups in total. The van der Waals surface area contributed by atoms with E-state index in [1.54, 1.807) is 24.3 Å². The minimum atomic E-state index is -1.01. The highest BCUT2D eigenvalue weighted by Crippen LogP contribution is 2.22. The molecule has 0 spiro atoms. The molecular formula is C15H12ClNO4. The van der Waals surface area contributed by atoms with E-state index in [9.17, 15) is 20.0 Å². The van der Waals surface area contributed by atoms with Crippen molar-refractivity contribution in [3.05, 3.63) is 74.8 Å². The molecule has 108 valence electrons. The third kappa shape index (κ3) is 3.87. The number of Topliss-reactive ketones (excluding diaryl/α,β-unsaturated/α-hetero) is 1. The molecule has 0 aliphatic carbocycles. The number of carbonyl (C=O) groups is 1. The van der Waals surface area contributed by atoms with Crippen molar-refractivity contribution in [3.8, 4) is 0 Å². The van der Waals surface area contributed by atoms with Gasteiger partial charge in [-0.1, -0.05) is 11.6 Å². The Bertz CT molecular complexity index is 652. The molecule has 0 saturated carbocycles. The average molecular weight is 306 g/mol. The first-order valence-electron chi connectivity index (χ1n) is 6.18. The first kappa shape index (κ1) is 15.2.